The van der Waals surface area contributed by atoms with E-state index in [1.165, 1.54) is 0 Å². The van der Waals surface area contributed by atoms with Gasteiger partial charge < -0.3 is 9.47 Å². The third-order valence-corrected chi connectivity index (χ3v) is 2.62. The molecule has 21 heavy (non-hydrogen) atoms. The van der Waals surface area contributed by atoms with Crippen molar-refractivity contribution in [2.75, 3.05) is 19.8 Å². The third-order valence-electron chi connectivity index (χ3n) is 2.62. The summed E-state index contributed by atoms with van der Waals surface area (Å²) in [6.45, 7) is 4.84. The summed E-state index contributed by atoms with van der Waals surface area (Å²) in [4.78, 5) is 23.2. The summed E-state index contributed by atoms with van der Waals surface area (Å²) in [5.41, 5.74) is 5.03. The molecule has 0 atom stereocenters. The molecule has 2 N–H and O–H groups in total. The summed E-state index contributed by atoms with van der Waals surface area (Å²) in [6.07, 6.45) is 2.01. The second-order valence-corrected chi connectivity index (χ2v) is 4.37. The molecule has 0 unspecified atom stereocenters. The zero-order valence-corrected chi connectivity index (χ0v) is 12.5. The van der Waals surface area contributed by atoms with Crippen LogP contribution in [0.1, 0.15) is 37.0 Å². The third kappa shape index (κ3) is 6.76. The molecule has 0 saturated heterocycles. The van der Waals surface area contributed by atoms with Gasteiger partial charge >= 0.3 is 0 Å². The van der Waals surface area contributed by atoms with Crippen molar-refractivity contribution in [3.8, 4) is 5.75 Å². The summed E-state index contributed by atoms with van der Waals surface area (Å²) in [5, 5.41) is 0. The van der Waals surface area contributed by atoms with Crippen LogP contribution < -0.4 is 15.6 Å². The molecule has 1 aromatic rings. The van der Waals surface area contributed by atoms with Crippen LogP contribution in [0.5, 0.6) is 5.75 Å². The van der Waals surface area contributed by atoms with Crippen LogP contribution in [0.4, 0.5) is 0 Å². The van der Waals surface area contributed by atoms with Crippen molar-refractivity contribution in [3.63, 3.8) is 0 Å². The molecule has 0 radical (unpaired) electrons. The number of carbonyl (C=O) groups is 2. The van der Waals surface area contributed by atoms with Gasteiger partial charge in [-0.2, -0.15) is 0 Å². The van der Waals surface area contributed by atoms with Crippen molar-refractivity contribution in [2.24, 2.45) is 0 Å². The lowest BCUT2D eigenvalue weighted by molar-refractivity contribution is -0.126. The molecule has 0 bridgehead atoms. The average molecular weight is 294 g/mol. The summed E-state index contributed by atoms with van der Waals surface area (Å²) in [6, 6.07) is 6.81. The van der Waals surface area contributed by atoms with Gasteiger partial charge in [-0.15, -0.1) is 0 Å². The molecule has 1 rings (SSSR count). The fourth-order valence-corrected chi connectivity index (χ4v) is 1.49. The highest BCUT2D eigenvalue weighted by molar-refractivity contribution is 5.95. The number of benzene rings is 1. The number of nitrogens with one attached hydrogen (secondary N) is 2. The van der Waals surface area contributed by atoms with E-state index in [1.807, 2.05) is 0 Å². The lowest BCUT2D eigenvalue weighted by Crippen LogP contribution is -2.43. The highest BCUT2D eigenvalue weighted by Crippen LogP contribution is 2.13. The van der Waals surface area contributed by atoms with E-state index in [9.17, 15) is 9.59 Å². The van der Waals surface area contributed by atoms with Crippen molar-refractivity contribution in [2.45, 2.75) is 26.7 Å². The van der Waals surface area contributed by atoms with Crippen LogP contribution in [-0.2, 0) is 9.53 Å². The molecule has 0 fully saturated rings. The highest BCUT2D eigenvalue weighted by atomic mass is 16.5. The van der Waals surface area contributed by atoms with Crippen molar-refractivity contribution >= 4 is 11.8 Å². The average Bonchev–Trinajstić information content (AvgIpc) is 2.51. The lowest BCUT2D eigenvalue weighted by Gasteiger charge is -2.09. The van der Waals surface area contributed by atoms with E-state index >= 15 is 0 Å². The number of ether oxygens (including phenoxy) is 2. The number of hydrogen-bond acceptors (Lipinski definition) is 4. The van der Waals surface area contributed by atoms with Gasteiger partial charge in [0.15, 0.2) is 0 Å². The van der Waals surface area contributed by atoms with Crippen LogP contribution >= 0.6 is 0 Å². The molecule has 6 nitrogen and oxygen atoms in total. The van der Waals surface area contributed by atoms with E-state index in [0.717, 1.165) is 12.8 Å². The first-order valence-corrected chi connectivity index (χ1v) is 7.07. The Bertz CT molecular complexity index is 463. The Morgan fingerprint density at radius 1 is 1.19 bits per heavy atom. The number of rotatable bonds is 8. The maximum absolute atomic E-state index is 11.9. The minimum atomic E-state index is -0.402. The van der Waals surface area contributed by atoms with Crippen molar-refractivity contribution < 1.29 is 19.1 Å². The number of amides is 2. The molecule has 0 aliphatic heterocycles. The van der Waals surface area contributed by atoms with E-state index < -0.39 is 11.8 Å². The smallest absolute Gasteiger partial charge is 0.269 e. The van der Waals surface area contributed by atoms with Crippen molar-refractivity contribution in [1.82, 2.24) is 10.9 Å². The van der Waals surface area contributed by atoms with Crippen LogP contribution in [0, 0.1) is 0 Å². The van der Waals surface area contributed by atoms with E-state index in [1.54, 1.807) is 31.2 Å². The summed E-state index contributed by atoms with van der Waals surface area (Å²) in [5.74, 6) is -0.168. The molecule has 0 heterocycles. The summed E-state index contributed by atoms with van der Waals surface area (Å²) >= 11 is 0. The van der Waals surface area contributed by atoms with E-state index in [2.05, 4.69) is 17.8 Å². The molecule has 0 aromatic heterocycles. The molecule has 2 amide bonds. The second-order valence-electron chi connectivity index (χ2n) is 4.37. The molecule has 0 aliphatic rings. The maximum atomic E-state index is 11.9. The van der Waals surface area contributed by atoms with Crippen molar-refractivity contribution in [1.29, 1.82) is 0 Å². The fraction of sp³-hybridized carbons (Fsp3) is 0.467. The topological polar surface area (TPSA) is 76.7 Å². The van der Waals surface area contributed by atoms with Crippen LogP contribution in [0.25, 0.3) is 0 Å². The Hall–Kier alpha value is -2.08. The minimum absolute atomic E-state index is 0.0864. The Balaban J connectivity index is 2.46. The highest BCUT2D eigenvalue weighted by Gasteiger charge is 2.08. The number of hydrazine groups is 1. The minimum Gasteiger partial charge on any atom is -0.494 e. The van der Waals surface area contributed by atoms with Gasteiger partial charge in [-0.25, -0.2) is 0 Å². The summed E-state index contributed by atoms with van der Waals surface area (Å²) < 4.78 is 10.5. The van der Waals surface area contributed by atoms with Gasteiger partial charge in [-0.05, 0) is 31.5 Å². The van der Waals surface area contributed by atoms with Gasteiger partial charge in [0.05, 0.1) is 6.61 Å². The molecular formula is C15H22N2O4. The first-order chi connectivity index (χ1) is 10.2. The first-order valence-electron chi connectivity index (χ1n) is 7.07. The maximum Gasteiger partial charge on any atom is 0.269 e. The number of hydrogen-bond donors (Lipinski definition) is 2. The molecule has 0 saturated carbocycles. The predicted octanol–water partition coefficient (Wildman–Crippen LogP) is 1.66. The molecule has 0 aliphatic carbocycles. The van der Waals surface area contributed by atoms with Gasteiger partial charge in [0.1, 0.15) is 12.4 Å². The van der Waals surface area contributed by atoms with E-state index in [4.69, 9.17) is 9.47 Å². The quantitative estimate of drug-likeness (QED) is 0.565. The predicted molar refractivity (Wildman–Crippen MR) is 78.9 cm³/mol. The van der Waals surface area contributed by atoms with Crippen LogP contribution in [0.3, 0.4) is 0 Å². The van der Waals surface area contributed by atoms with Crippen LogP contribution in [0.2, 0.25) is 0 Å². The Morgan fingerprint density at radius 3 is 2.71 bits per heavy atom. The van der Waals surface area contributed by atoms with Crippen LogP contribution in [-0.4, -0.2) is 31.6 Å². The zero-order chi connectivity index (χ0) is 15.5. The van der Waals surface area contributed by atoms with E-state index in [-0.39, 0.29) is 6.61 Å². The number of unbranched alkanes of at least 4 members (excludes halogenated alkanes) is 1. The molecule has 6 heteroatoms. The lowest BCUT2D eigenvalue weighted by atomic mass is 10.2. The molecule has 116 valence electrons. The normalized spacial score (nSPS) is 10.0. The molecule has 0 spiro atoms. The SMILES string of the molecule is CCCCOc1cccc(C(=O)NNC(=O)COCC)c1. The van der Waals surface area contributed by atoms with Gasteiger partial charge in [0, 0.05) is 12.2 Å². The second kappa shape index (κ2) is 9.77. The Kier molecular flexibility index (Phi) is 7.89. The standard InChI is InChI=1S/C15H22N2O4/c1-3-5-9-21-13-8-6-7-12(10-13)15(19)17-16-14(18)11-20-4-2/h6-8,10H,3-5,9,11H2,1-2H3,(H,16,18)(H,17,19). The summed E-state index contributed by atoms with van der Waals surface area (Å²) in [7, 11) is 0. The fourth-order valence-electron chi connectivity index (χ4n) is 1.49. The van der Waals surface area contributed by atoms with Crippen molar-refractivity contribution in [3.05, 3.63) is 29.8 Å². The largest absolute Gasteiger partial charge is 0.494 e. The van der Waals surface area contributed by atoms with Crippen LogP contribution in [0.15, 0.2) is 24.3 Å². The van der Waals surface area contributed by atoms with Gasteiger partial charge in [0.2, 0.25) is 0 Å². The zero-order valence-electron chi connectivity index (χ0n) is 12.5. The molecule has 1 aromatic carbocycles. The molecular weight excluding hydrogens is 272 g/mol. The number of carbonyl (C=O) groups excluding carboxylic acids is 2. The first kappa shape index (κ1) is 17.0. The van der Waals surface area contributed by atoms with Gasteiger partial charge in [-0.1, -0.05) is 19.4 Å². The van der Waals surface area contributed by atoms with Gasteiger partial charge in [-0.3, -0.25) is 20.4 Å². The van der Waals surface area contributed by atoms with E-state index in [0.29, 0.717) is 24.5 Å². The Morgan fingerprint density at radius 2 is 2.00 bits per heavy atom. The monoisotopic (exact) mass is 294 g/mol. The Labute approximate surface area is 124 Å². The van der Waals surface area contributed by atoms with Gasteiger partial charge in [0.25, 0.3) is 11.8 Å².